The molecular weight excluding hydrogens is 176 g/mol. The maximum absolute atomic E-state index is 11.2. The summed E-state index contributed by atoms with van der Waals surface area (Å²) in [5, 5.41) is 3.08. The van der Waals surface area contributed by atoms with Crippen molar-refractivity contribution < 1.29 is 8.42 Å². The summed E-state index contributed by atoms with van der Waals surface area (Å²) in [6, 6.07) is 0.0648. The van der Waals surface area contributed by atoms with E-state index < -0.39 is 10.0 Å². The van der Waals surface area contributed by atoms with Gasteiger partial charge in [0.2, 0.25) is 10.0 Å². The lowest BCUT2D eigenvalue weighted by Crippen LogP contribution is -2.37. The van der Waals surface area contributed by atoms with Crippen molar-refractivity contribution in [2.75, 3.05) is 18.8 Å². The lowest BCUT2D eigenvalue weighted by Gasteiger charge is -2.09. The summed E-state index contributed by atoms with van der Waals surface area (Å²) in [7, 11) is -3.12. The minimum atomic E-state index is -3.12. The number of hydrogen-bond donors (Lipinski definition) is 2. The van der Waals surface area contributed by atoms with Gasteiger partial charge < -0.3 is 5.32 Å². The van der Waals surface area contributed by atoms with E-state index in [-0.39, 0.29) is 11.8 Å². The number of hydrogen-bond acceptors (Lipinski definition) is 3. The van der Waals surface area contributed by atoms with E-state index >= 15 is 0 Å². The van der Waals surface area contributed by atoms with E-state index in [0.29, 0.717) is 0 Å². The fourth-order valence-electron chi connectivity index (χ4n) is 1.21. The van der Waals surface area contributed by atoms with Crippen LogP contribution in [0.5, 0.6) is 0 Å². The molecule has 1 atom stereocenters. The molecule has 1 aliphatic rings. The molecule has 2 N–H and O–H groups in total. The van der Waals surface area contributed by atoms with Crippen LogP contribution in [0, 0.1) is 0 Å². The second kappa shape index (κ2) is 4.02. The Balaban J connectivity index is 2.43. The molecule has 0 aromatic heterocycles. The van der Waals surface area contributed by atoms with Crippen LogP contribution in [0.25, 0.3) is 0 Å². The molecule has 0 radical (unpaired) electrons. The maximum Gasteiger partial charge on any atom is 0.215 e. The monoisotopic (exact) mass is 190 g/mol. The average molecular weight is 190 g/mol. The van der Waals surface area contributed by atoms with Crippen LogP contribution in [-0.4, -0.2) is 33.3 Å². The van der Waals surface area contributed by atoms with Gasteiger partial charge in [-0.15, -0.1) is 6.58 Å². The van der Waals surface area contributed by atoms with Crippen LogP contribution in [0.1, 0.15) is 6.42 Å². The minimum Gasteiger partial charge on any atom is -0.315 e. The van der Waals surface area contributed by atoms with Gasteiger partial charge in [-0.2, -0.15) is 0 Å². The zero-order valence-electron chi connectivity index (χ0n) is 6.91. The van der Waals surface area contributed by atoms with Gasteiger partial charge in [0.1, 0.15) is 0 Å². The summed E-state index contributed by atoms with van der Waals surface area (Å²) >= 11 is 0. The Morgan fingerprint density at radius 1 is 1.67 bits per heavy atom. The standard InChI is InChI=1S/C7H14N2O2S/c1-2-5-12(10,11)9-7-3-4-8-6-7/h2,7-9H,1,3-6H2/t7-/m1/s1. The quantitative estimate of drug-likeness (QED) is 0.585. The van der Waals surface area contributed by atoms with Crippen molar-refractivity contribution in [3.8, 4) is 0 Å². The zero-order valence-corrected chi connectivity index (χ0v) is 7.73. The fourth-order valence-corrected chi connectivity index (χ4v) is 2.33. The first kappa shape index (κ1) is 9.70. The third-order valence-corrected chi connectivity index (χ3v) is 3.11. The van der Waals surface area contributed by atoms with Crippen LogP contribution < -0.4 is 10.0 Å². The van der Waals surface area contributed by atoms with E-state index in [1.54, 1.807) is 0 Å². The first-order valence-electron chi connectivity index (χ1n) is 3.95. The highest BCUT2D eigenvalue weighted by atomic mass is 32.2. The van der Waals surface area contributed by atoms with Crippen molar-refractivity contribution in [2.45, 2.75) is 12.5 Å². The van der Waals surface area contributed by atoms with Gasteiger partial charge in [-0.3, -0.25) is 0 Å². The molecule has 0 amide bonds. The molecule has 1 saturated heterocycles. The second-order valence-electron chi connectivity index (χ2n) is 2.88. The van der Waals surface area contributed by atoms with E-state index in [9.17, 15) is 8.42 Å². The van der Waals surface area contributed by atoms with Gasteiger partial charge in [-0.1, -0.05) is 6.08 Å². The molecule has 0 aliphatic carbocycles. The summed E-state index contributed by atoms with van der Waals surface area (Å²) in [4.78, 5) is 0. The summed E-state index contributed by atoms with van der Waals surface area (Å²) in [5.41, 5.74) is 0. The predicted molar refractivity (Wildman–Crippen MR) is 48.4 cm³/mol. The lowest BCUT2D eigenvalue weighted by molar-refractivity contribution is 0.563. The Labute approximate surface area is 73.1 Å². The highest BCUT2D eigenvalue weighted by Crippen LogP contribution is 1.99. The van der Waals surface area contributed by atoms with Crippen molar-refractivity contribution in [3.05, 3.63) is 12.7 Å². The van der Waals surface area contributed by atoms with Gasteiger partial charge in [0, 0.05) is 12.6 Å². The maximum atomic E-state index is 11.2. The molecule has 4 nitrogen and oxygen atoms in total. The molecule has 1 fully saturated rings. The number of nitrogens with one attached hydrogen (secondary N) is 2. The molecular formula is C7H14N2O2S. The fraction of sp³-hybridized carbons (Fsp3) is 0.714. The van der Waals surface area contributed by atoms with Crippen LogP contribution in [0.2, 0.25) is 0 Å². The van der Waals surface area contributed by atoms with E-state index in [2.05, 4.69) is 16.6 Å². The topological polar surface area (TPSA) is 58.2 Å². The molecule has 12 heavy (non-hydrogen) atoms. The van der Waals surface area contributed by atoms with Crippen molar-refractivity contribution in [3.63, 3.8) is 0 Å². The molecule has 1 heterocycles. The third kappa shape index (κ3) is 2.92. The Bertz CT molecular complexity index is 242. The highest BCUT2D eigenvalue weighted by molar-refractivity contribution is 7.89. The first-order chi connectivity index (χ1) is 5.64. The van der Waals surface area contributed by atoms with Crippen molar-refractivity contribution >= 4 is 10.0 Å². The van der Waals surface area contributed by atoms with E-state index in [4.69, 9.17) is 0 Å². The van der Waals surface area contributed by atoms with Crippen LogP contribution >= 0.6 is 0 Å². The Morgan fingerprint density at radius 3 is 2.92 bits per heavy atom. The highest BCUT2D eigenvalue weighted by Gasteiger charge is 2.19. The van der Waals surface area contributed by atoms with Gasteiger partial charge in [-0.05, 0) is 13.0 Å². The van der Waals surface area contributed by atoms with E-state index in [1.165, 1.54) is 6.08 Å². The van der Waals surface area contributed by atoms with Gasteiger partial charge in [-0.25, -0.2) is 13.1 Å². The van der Waals surface area contributed by atoms with Crippen LogP contribution in [0.4, 0.5) is 0 Å². The van der Waals surface area contributed by atoms with Crippen molar-refractivity contribution in [2.24, 2.45) is 0 Å². The molecule has 1 rings (SSSR count). The largest absolute Gasteiger partial charge is 0.315 e. The second-order valence-corrected chi connectivity index (χ2v) is 4.68. The van der Waals surface area contributed by atoms with Gasteiger partial charge in [0.25, 0.3) is 0 Å². The van der Waals surface area contributed by atoms with Crippen LogP contribution in [0.15, 0.2) is 12.7 Å². The Hall–Kier alpha value is -0.390. The van der Waals surface area contributed by atoms with Gasteiger partial charge in [0.05, 0.1) is 5.75 Å². The normalized spacial score (nSPS) is 24.2. The van der Waals surface area contributed by atoms with Crippen molar-refractivity contribution in [1.29, 1.82) is 0 Å². The van der Waals surface area contributed by atoms with Gasteiger partial charge in [0.15, 0.2) is 0 Å². The molecule has 0 aromatic rings. The predicted octanol–water partition coefficient (Wildman–Crippen LogP) is -0.546. The number of sulfonamides is 1. The molecule has 1 aliphatic heterocycles. The van der Waals surface area contributed by atoms with Crippen molar-refractivity contribution in [1.82, 2.24) is 10.0 Å². The summed E-state index contributed by atoms with van der Waals surface area (Å²) in [6.07, 6.45) is 2.26. The lowest BCUT2D eigenvalue weighted by atomic mass is 10.3. The first-order valence-corrected chi connectivity index (χ1v) is 5.61. The summed E-state index contributed by atoms with van der Waals surface area (Å²) in [6.45, 7) is 5.01. The van der Waals surface area contributed by atoms with E-state index in [1.807, 2.05) is 0 Å². The molecule has 0 unspecified atom stereocenters. The molecule has 0 spiro atoms. The van der Waals surface area contributed by atoms with E-state index in [0.717, 1.165) is 19.5 Å². The molecule has 70 valence electrons. The number of rotatable bonds is 4. The van der Waals surface area contributed by atoms with Gasteiger partial charge >= 0.3 is 0 Å². The Morgan fingerprint density at radius 2 is 2.42 bits per heavy atom. The molecule has 0 saturated carbocycles. The average Bonchev–Trinajstić information content (AvgIpc) is 2.38. The third-order valence-electron chi connectivity index (χ3n) is 1.74. The molecule has 0 aromatic carbocycles. The summed E-state index contributed by atoms with van der Waals surface area (Å²) < 4.78 is 24.9. The van der Waals surface area contributed by atoms with Crippen LogP contribution in [0.3, 0.4) is 0 Å². The molecule has 5 heteroatoms. The van der Waals surface area contributed by atoms with Crippen LogP contribution in [-0.2, 0) is 10.0 Å². The zero-order chi connectivity index (χ0) is 9.03. The summed E-state index contributed by atoms with van der Waals surface area (Å²) in [5.74, 6) is 0.00347. The molecule has 0 bridgehead atoms. The SMILES string of the molecule is C=CCS(=O)(=O)N[C@@H]1CCNC1. The minimum absolute atomic E-state index is 0.00347. The smallest absolute Gasteiger partial charge is 0.215 e. The Kier molecular flexibility index (Phi) is 3.25.